The van der Waals surface area contributed by atoms with Crippen molar-refractivity contribution in [2.24, 2.45) is 0 Å². The third-order valence-corrected chi connectivity index (χ3v) is 5.72. The van der Waals surface area contributed by atoms with E-state index in [2.05, 4.69) is 18.5 Å². The van der Waals surface area contributed by atoms with Crippen molar-refractivity contribution in [3.8, 4) is 0 Å². The number of unbranched alkanes of at least 4 members (excludes halogenated alkanes) is 1. The van der Waals surface area contributed by atoms with E-state index in [0.29, 0.717) is 0 Å². The Morgan fingerprint density at radius 1 is 1.07 bits per heavy atom. The Morgan fingerprint density at radius 3 is 2.14 bits per heavy atom. The first-order valence-electron chi connectivity index (χ1n) is 6.53. The SMILES string of the molecule is CCCCSB1C2CCCC1CCC2. The molecule has 0 saturated carbocycles. The molecule has 0 aromatic carbocycles. The largest absolute Gasteiger partial charge is 0.215 e. The highest BCUT2D eigenvalue weighted by atomic mass is 32.2. The zero-order valence-corrected chi connectivity index (χ0v) is 10.3. The van der Waals surface area contributed by atoms with Gasteiger partial charge in [0.2, 0.25) is 5.99 Å². The zero-order valence-electron chi connectivity index (χ0n) is 9.50. The molecule has 0 radical (unpaired) electrons. The number of fused-ring (bicyclic) bond motifs is 2. The molecule has 2 rings (SSSR count). The molecule has 0 spiro atoms. The summed E-state index contributed by atoms with van der Waals surface area (Å²) in [6.07, 6.45) is 12.0. The predicted octanol–water partition coefficient (Wildman–Crippen LogP) is 4.62. The second kappa shape index (κ2) is 5.49. The van der Waals surface area contributed by atoms with E-state index < -0.39 is 0 Å². The van der Waals surface area contributed by atoms with Crippen molar-refractivity contribution in [3.63, 3.8) is 0 Å². The van der Waals surface area contributed by atoms with E-state index in [4.69, 9.17) is 0 Å². The molecule has 2 fully saturated rings. The van der Waals surface area contributed by atoms with E-state index in [9.17, 15) is 0 Å². The molecule has 0 aromatic rings. The van der Waals surface area contributed by atoms with Crippen LogP contribution in [-0.2, 0) is 0 Å². The molecule has 0 amide bonds. The van der Waals surface area contributed by atoms with Crippen molar-refractivity contribution < 1.29 is 0 Å². The van der Waals surface area contributed by atoms with E-state index >= 15 is 0 Å². The van der Waals surface area contributed by atoms with Gasteiger partial charge in [-0.15, -0.1) is 0 Å². The van der Waals surface area contributed by atoms with Crippen molar-refractivity contribution in [2.75, 3.05) is 5.75 Å². The number of hydrogen-bond acceptors (Lipinski definition) is 1. The summed E-state index contributed by atoms with van der Waals surface area (Å²) in [5.74, 6) is 4.69. The lowest BCUT2D eigenvalue weighted by Gasteiger charge is -2.39. The van der Waals surface area contributed by atoms with Gasteiger partial charge in [-0.1, -0.05) is 63.5 Å². The van der Waals surface area contributed by atoms with Crippen LogP contribution in [0.25, 0.3) is 0 Å². The molecule has 2 heteroatoms. The van der Waals surface area contributed by atoms with Crippen LogP contribution in [0.5, 0.6) is 0 Å². The lowest BCUT2D eigenvalue weighted by atomic mass is 9.42. The van der Waals surface area contributed by atoms with Gasteiger partial charge in [-0.05, 0) is 12.2 Å². The highest BCUT2D eigenvalue weighted by Crippen LogP contribution is 2.50. The highest BCUT2D eigenvalue weighted by Gasteiger charge is 2.39. The molecule has 2 heterocycles. The van der Waals surface area contributed by atoms with Gasteiger partial charge in [0.05, 0.1) is 0 Å². The minimum atomic E-state index is 1.06. The van der Waals surface area contributed by atoms with Gasteiger partial charge in [-0.2, -0.15) is 0 Å². The minimum absolute atomic E-state index is 1.06. The Morgan fingerprint density at radius 2 is 1.64 bits per heavy atom. The van der Waals surface area contributed by atoms with Gasteiger partial charge < -0.3 is 0 Å². The van der Waals surface area contributed by atoms with Crippen LogP contribution < -0.4 is 0 Å². The lowest BCUT2D eigenvalue weighted by Crippen LogP contribution is -2.32. The summed E-state index contributed by atoms with van der Waals surface area (Å²) < 4.78 is 0. The monoisotopic (exact) mass is 210 g/mol. The molecule has 0 atom stereocenters. The van der Waals surface area contributed by atoms with Gasteiger partial charge in [-0.25, -0.2) is 11.6 Å². The molecule has 0 unspecified atom stereocenters. The van der Waals surface area contributed by atoms with Gasteiger partial charge in [0.25, 0.3) is 0 Å². The van der Waals surface area contributed by atoms with E-state index in [1.54, 1.807) is 25.7 Å². The summed E-state index contributed by atoms with van der Waals surface area (Å²) in [5, 5.41) is 0. The summed E-state index contributed by atoms with van der Waals surface area (Å²) in [4.78, 5) is 0. The maximum atomic E-state index is 2.31. The Balaban J connectivity index is 1.82. The second-order valence-electron chi connectivity index (χ2n) is 5.07. The summed E-state index contributed by atoms with van der Waals surface area (Å²) in [6.45, 7) is 2.31. The minimum Gasteiger partial charge on any atom is -0.209 e. The van der Waals surface area contributed by atoms with Crippen LogP contribution >= 0.6 is 11.6 Å². The van der Waals surface area contributed by atoms with Crippen LogP contribution in [0.1, 0.15) is 58.3 Å². The van der Waals surface area contributed by atoms with Gasteiger partial charge >= 0.3 is 0 Å². The second-order valence-corrected chi connectivity index (χ2v) is 6.36. The molecule has 0 aliphatic carbocycles. The van der Waals surface area contributed by atoms with Gasteiger partial charge in [-0.3, -0.25) is 0 Å². The normalized spacial score (nSPS) is 31.9. The van der Waals surface area contributed by atoms with Crippen LogP contribution in [0, 0.1) is 0 Å². The predicted molar refractivity (Wildman–Crippen MR) is 68.3 cm³/mol. The summed E-state index contributed by atoms with van der Waals surface area (Å²) in [7, 11) is 0. The first-order valence-corrected chi connectivity index (χ1v) is 7.58. The third kappa shape index (κ3) is 2.50. The molecule has 14 heavy (non-hydrogen) atoms. The Hall–Kier alpha value is 0.415. The van der Waals surface area contributed by atoms with Gasteiger partial charge in [0.15, 0.2) is 0 Å². The standard InChI is InChI=1S/C12H23BS/c1-2-3-10-14-13-11-6-4-7-12(13)9-5-8-11/h11-12H,2-10H2,1H3. The zero-order chi connectivity index (χ0) is 9.80. The van der Waals surface area contributed by atoms with Crippen molar-refractivity contribution in [2.45, 2.75) is 69.9 Å². The number of hydrogen-bond donors (Lipinski definition) is 0. The maximum absolute atomic E-state index is 2.31. The van der Waals surface area contributed by atoms with Crippen molar-refractivity contribution in [1.29, 1.82) is 0 Å². The topological polar surface area (TPSA) is 0 Å². The first kappa shape index (κ1) is 10.9. The summed E-state index contributed by atoms with van der Waals surface area (Å²) in [6, 6.07) is 0. The highest BCUT2D eigenvalue weighted by molar-refractivity contribution is 8.25. The Kier molecular flexibility index (Phi) is 4.28. The maximum Gasteiger partial charge on any atom is 0.215 e. The molecular formula is C12H23BS. The Bertz CT molecular complexity index is 150. The van der Waals surface area contributed by atoms with Crippen molar-refractivity contribution in [3.05, 3.63) is 0 Å². The molecular weight excluding hydrogens is 187 g/mol. The molecule has 2 aliphatic rings. The van der Waals surface area contributed by atoms with Crippen molar-refractivity contribution in [1.82, 2.24) is 0 Å². The quantitative estimate of drug-likeness (QED) is 0.482. The van der Waals surface area contributed by atoms with Gasteiger partial charge in [0, 0.05) is 0 Å². The molecule has 2 bridgehead atoms. The first-order chi connectivity index (χ1) is 6.92. The fourth-order valence-electron chi connectivity index (χ4n) is 3.25. The lowest BCUT2D eigenvalue weighted by molar-refractivity contribution is 0.451. The summed E-state index contributed by atoms with van der Waals surface area (Å²) in [5.41, 5.74) is 0. The molecule has 80 valence electrons. The fraction of sp³-hybridized carbons (Fsp3) is 1.00. The Labute approximate surface area is 93.6 Å². The average Bonchev–Trinajstić information content (AvgIpc) is 2.17. The van der Waals surface area contributed by atoms with E-state index in [1.807, 2.05) is 0 Å². The molecule has 0 aromatic heterocycles. The molecule has 0 N–H and O–H groups in total. The van der Waals surface area contributed by atoms with Crippen molar-refractivity contribution >= 4 is 17.6 Å². The number of rotatable bonds is 4. The summed E-state index contributed by atoms with van der Waals surface area (Å²) >= 11 is 2.31. The van der Waals surface area contributed by atoms with Crippen LogP contribution in [0.2, 0.25) is 11.6 Å². The molecule has 0 nitrogen and oxygen atoms in total. The van der Waals surface area contributed by atoms with Gasteiger partial charge in [0.1, 0.15) is 0 Å². The molecule has 2 aliphatic heterocycles. The van der Waals surface area contributed by atoms with E-state index in [-0.39, 0.29) is 0 Å². The average molecular weight is 210 g/mol. The fourth-order valence-corrected chi connectivity index (χ4v) is 5.07. The van der Waals surface area contributed by atoms with E-state index in [0.717, 1.165) is 17.6 Å². The van der Waals surface area contributed by atoms with E-state index in [1.165, 1.54) is 31.4 Å². The molecule has 2 saturated heterocycles. The van der Waals surface area contributed by atoms with Crippen LogP contribution in [0.4, 0.5) is 0 Å². The van der Waals surface area contributed by atoms with Crippen LogP contribution in [0.15, 0.2) is 0 Å². The van der Waals surface area contributed by atoms with Crippen LogP contribution in [-0.4, -0.2) is 11.7 Å². The van der Waals surface area contributed by atoms with Crippen LogP contribution in [0.3, 0.4) is 0 Å². The smallest absolute Gasteiger partial charge is 0.209 e. The third-order valence-electron chi connectivity index (χ3n) is 4.04.